The topological polar surface area (TPSA) is 59.9 Å². The second-order valence-corrected chi connectivity index (χ2v) is 8.57. The average Bonchev–Trinajstić information content (AvgIpc) is 2.73. The molecular weight excluding hydrogens is 613 g/mol. The highest BCUT2D eigenvalue weighted by atomic mass is 127. The third kappa shape index (κ3) is 6.14. The molecule has 0 saturated heterocycles. The number of hydrogen-bond donors (Lipinski definition) is 1. The molecule has 30 heavy (non-hydrogen) atoms. The minimum atomic E-state index is -0.288. The number of nitrogens with zero attached hydrogens (tertiary/aromatic N) is 1. The number of methoxy groups -OCH3 is 1. The van der Waals surface area contributed by atoms with Gasteiger partial charge in [-0.1, -0.05) is 18.2 Å². The van der Waals surface area contributed by atoms with E-state index in [9.17, 15) is 9.18 Å². The molecule has 0 fully saturated rings. The summed E-state index contributed by atoms with van der Waals surface area (Å²) >= 11 is 4.30. The Morgan fingerprint density at radius 3 is 2.60 bits per heavy atom. The molecule has 3 aromatic carbocycles. The first-order valence-electron chi connectivity index (χ1n) is 8.80. The first-order valence-corrected chi connectivity index (χ1v) is 11.0. The molecule has 1 N–H and O–H groups in total. The molecule has 0 saturated carbocycles. The van der Waals surface area contributed by atoms with Gasteiger partial charge in [0, 0.05) is 9.13 Å². The number of nitrogens with one attached hydrogen (secondary N) is 1. The van der Waals surface area contributed by atoms with E-state index in [0.717, 1.165) is 18.3 Å². The Balaban J connectivity index is 1.69. The number of hydrazone groups is 1. The van der Waals surface area contributed by atoms with Crippen LogP contribution in [-0.2, 0) is 6.61 Å². The molecule has 0 aromatic heterocycles. The van der Waals surface area contributed by atoms with Crippen LogP contribution in [0.15, 0.2) is 65.8 Å². The molecular formula is C22H17FI2N2O3. The molecule has 5 nitrogen and oxygen atoms in total. The van der Waals surface area contributed by atoms with Crippen LogP contribution in [0.5, 0.6) is 11.5 Å². The van der Waals surface area contributed by atoms with Crippen molar-refractivity contribution in [3.8, 4) is 11.5 Å². The number of rotatable bonds is 7. The summed E-state index contributed by atoms with van der Waals surface area (Å²) in [6, 6.07) is 17.0. The molecule has 3 rings (SSSR count). The van der Waals surface area contributed by atoms with Crippen molar-refractivity contribution >= 4 is 57.3 Å². The van der Waals surface area contributed by atoms with Gasteiger partial charge in [0.15, 0.2) is 11.5 Å². The summed E-state index contributed by atoms with van der Waals surface area (Å²) in [5, 5.41) is 4.03. The lowest BCUT2D eigenvalue weighted by Crippen LogP contribution is -2.17. The van der Waals surface area contributed by atoms with Gasteiger partial charge in [0.25, 0.3) is 5.91 Å². The fourth-order valence-corrected chi connectivity index (χ4v) is 3.87. The van der Waals surface area contributed by atoms with E-state index in [0.29, 0.717) is 17.1 Å². The van der Waals surface area contributed by atoms with E-state index in [4.69, 9.17) is 9.47 Å². The molecule has 0 spiro atoms. The molecule has 0 unspecified atom stereocenters. The van der Waals surface area contributed by atoms with Gasteiger partial charge in [-0.05, 0) is 98.8 Å². The maximum atomic E-state index is 13.0. The predicted octanol–water partition coefficient (Wildman–Crippen LogP) is 5.39. The second kappa shape index (κ2) is 10.7. The van der Waals surface area contributed by atoms with Crippen molar-refractivity contribution in [1.29, 1.82) is 0 Å². The largest absolute Gasteiger partial charge is 0.493 e. The van der Waals surface area contributed by atoms with Crippen molar-refractivity contribution < 1.29 is 18.7 Å². The number of carbonyl (C=O) groups excluding carboxylic acids is 1. The van der Waals surface area contributed by atoms with Crippen LogP contribution in [0.25, 0.3) is 0 Å². The van der Waals surface area contributed by atoms with E-state index >= 15 is 0 Å². The normalized spacial score (nSPS) is 10.8. The Labute approximate surface area is 200 Å². The summed E-state index contributed by atoms with van der Waals surface area (Å²) < 4.78 is 26.2. The lowest BCUT2D eigenvalue weighted by Gasteiger charge is -2.13. The second-order valence-electron chi connectivity index (χ2n) is 6.16. The van der Waals surface area contributed by atoms with Gasteiger partial charge < -0.3 is 9.47 Å². The zero-order valence-corrected chi connectivity index (χ0v) is 20.2. The monoisotopic (exact) mass is 630 g/mol. The molecule has 8 heteroatoms. The van der Waals surface area contributed by atoms with Gasteiger partial charge in [0.2, 0.25) is 0 Å². The van der Waals surface area contributed by atoms with Crippen molar-refractivity contribution in [1.82, 2.24) is 5.43 Å². The lowest BCUT2D eigenvalue weighted by molar-refractivity contribution is 0.0955. The van der Waals surface area contributed by atoms with Gasteiger partial charge in [-0.15, -0.1) is 0 Å². The first kappa shape index (κ1) is 22.5. The highest BCUT2D eigenvalue weighted by Crippen LogP contribution is 2.34. The molecule has 0 heterocycles. The zero-order valence-electron chi connectivity index (χ0n) is 15.9. The third-order valence-electron chi connectivity index (χ3n) is 4.01. The van der Waals surface area contributed by atoms with E-state index in [1.165, 1.54) is 12.1 Å². The summed E-state index contributed by atoms with van der Waals surface area (Å²) in [5.74, 6) is 0.547. The summed E-state index contributed by atoms with van der Waals surface area (Å²) in [6.07, 6.45) is 1.54. The van der Waals surface area contributed by atoms with Gasteiger partial charge >= 0.3 is 0 Å². The number of benzene rings is 3. The molecule has 0 atom stereocenters. The van der Waals surface area contributed by atoms with Crippen molar-refractivity contribution in [3.05, 3.63) is 90.3 Å². The molecule has 0 radical (unpaired) electrons. The number of ether oxygens (including phenoxy) is 2. The lowest BCUT2D eigenvalue weighted by atomic mass is 10.2. The summed E-state index contributed by atoms with van der Waals surface area (Å²) in [4.78, 5) is 12.2. The fourth-order valence-electron chi connectivity index (χ4n) is 2.55. The molecule has 0 bridgehead atoms. The highest BCUT2D eigenvalue weighted by molar-refractivity contribution is 14.1. The van der Waals surface area contributed by atoms with Crippen LogP contribution < -0.4 is 14.9 Å². The summed E-state index contributed by atoms with van der Waals surface area (Å²) in [6.45, 7) is 0.284. The number of hydrogen-bond acceptors (Lipinski definition) is 4. The van der Waals surface area contributed by atoms with E-state index in [1.54, 1.807) is 43.7 Å². The molecule has 0 aliphatic rings. The number of carbonyl (C=O) groups is 1. The quantitative estimate of drug-likeness (QED) is 0.217. The molecule has 154 valence electrons. The smallest absolute Gasteiger partial charge is 0.271 e. The Bertz CT molecular complexity index is 1070. The predicted molar refractivity (Wildman–Crippen MR) is 131 cm³/mol. The van der Waals surface area contributed by atoms with Gasteiger partial charge in [-0.2, -0.15) is 5.10 Å². The number of halogens is 3. The SMILES string of the molecule is COc1cc(/C=N\NC(=O)c2cccc(I)c2)cc(I)c1OCc1ccc(F)cc1. The van der Waals surface area contributed by atoms with Crippen LogP contribution in [0.2, 0.25) is 0 Å². The minimum absolute atomic E-state index is 0.284. The zero-order chi connectivity index (χ0) is 21.5. The van der Waals surface area contributed by atoms with Crippen LogP contribution >= 0.6 is 45.2 Å². The Hall–Kier alpha value is -2.21. The molecule has 3 aromatic rings. The van der Waals surface area contributed by atoms with E-state index in [1.807, 2.05) is 18.2 Å². The number of amides is 1. The van der Waals surface area contributed by atoms with E-state index < -0.39 is 0 Å². The van der Waals surface area contributed by atoms with Crippen LogP contribution in [0, 0.1) is 13.0 Å². The van der Waals surface area contributed by atoms with Crippen LogP contribution in [0.1, 0.15) is 21.5 Å². The molecule has 0 aliphatic carbocycles. The highest BCUT2D eigenvalue weighted by Gasteiger charge is 2.12. The van der Waals surface area contributed by atoms with E-state index in [2.05, 4.69) is 55.7 Å². The minimum Gasteiger partial charge on any atom is -0.493 e. The maximum Gasteiger partial charge on any atom is 0.271 e. The Kier molecular flexibility index (Phi) is 8.02. The van der Waals surface area contributed by atoms with Gasteiger partial charge in [0.1, 0.15) is 12.4 Å². The Morgan fingerprint density at radius 1 is 1.13 bits per heavy atom. The third-order valence-corrected chi connectivity index (χ3v) is 5.49. The Morgan fingerprint density at radius 2 is 1.90 bits per heavy atom. The standard InChI is InChI=1S/C22H17FI2N2O3/c1-29-20-10-15(12-26-27-22(28)16-3-2-4-18(24)11-16)9-19(25)21(20)30-13-14-5-7-17(23)8-6-14/h2-12H,13H2,1H3,(H,27,28)/b26-12-. The van der Waals surface area contributed by atoms with Crippen LogP contribution in [-0.4, -0.2) is 19.2 Å². The van der Waals surface area contributed by atoms with Crippen molar-refractivity contribution in [3.63, 3.8) is 0 Å². The maximum absolute atomic E-state index is 13.0. The average molecular weight is 630 g/mol. The summed E-state index contributed by atoms with van der Waals surface area (Å²) in [7, 11) is 1.55. The van der Waals surface area contributed by atoms with Crippen molar-refractivity contribution in [2.24, 2.45) is 5.10 Å². The van der Waals surface area contributed by atoms with Crippen molar-refractivity contribution in [2.45, 2.75) is 6.61 Å². The van der Waals surface area contributed by atoms with Crippen LogP contribution in [0.3, 0.4) is 0 Å². The van der Waals surface area contributed by atoms with Gasteiger partial charge in [-0.25, -0.2) is 9.82 Å². The summed E-state index contributed by atoms with van der Waals surface area (Å²) in [5.41, 5.74) is 4.65. The molecule has 1 amide bonds. The van der Waals surface area contributed by atoms with Crippen molar-refractivity contribution in [2.75, 3.05) is 7.11 Å². The van der Waals surface area contributed by atoms with Crippen LogP contribution in [0.4, 0.5) is 4.39 Å². The molecule has 0 aliphatic heterocycles. The van der Waals surface area contributed by atoms with Gasteiger partial charge in [0.05, 0.1) is 16.9 Å². The van der Waals surface area contributed by atoms with Gasteiger partial charge in [-0.3, -0.25) is 4.79 Å². The van der Waals surface area contributed by atoms with E-state index in [-0.39, 0.29) is 18.3 Å². The first-order chi connectivity index (χ1) is 14.5. The fraction of sp³-hybridized carbons (Fsp3) is 0.0909.